The van der Waals surface area contributed by atoms with E-state index in [9.17, 15) is 0 Å². The fraction of sp³-hybridized carbons (Fsp3) is 0.200. The monoisotopic (exact) mass is 402 g/mol. The van der Waals surface area contributed by atoms with Gasteiger partial charge in [0.2, 0.25) is 0 Å². The highest BCUT2D eigenvalue weighted by atomic mass is 79.9. The molecule has 0 radical (unpaired) electrons. The molecule has 0 aliphatic heterocycles. The van der Waals surface area contributed by atoms with Crippen LogP contribution in [-0.2, 0) is 11.3 Å². The van der Waals surface area contributed by atoms with Gasteiger partial charge in [0, 0.05) is 14.8 Å². The molecule has 0 bridgehead atoms. The summed E-state index contributed by atoms with van der Waals surface area (Å²) < 4.78 is 7.01. The Kier molecular flexibility index (Phi) is 5.89. The standard InChI is InChI=1S/C15H13Br2ClO/c16-9-15(12-2-1-3-13(17)8-12)19-10-11-4-6-14(18)7-5-11/h1-8,15H,9-10H2. The van der Waals surface area contributed by atoms with Gasteiger partial charge >= 0.3 is 0 Å². The highest BCUT2D eigenvalue weighted by Gasteiger charge is 2.11. The summed E-state index contributed by atoms with van der Waals surface area (Å²) in [5.41, 5.74) is 2.27. The molecule has 0 saturated carbocycles. The van der Waals surface area contributed by atoms with E-state index < -0.39 is 0 Å². The molecule has 1 nitrogen and oxygen atoms in total. The fourth-order valence-electron chi connectivity index (χ4n) is 1.71. The lowest BCUT2D eigenvalue weighted by Crippen LogP contribution is -2.06. The van der Waals surface area contributed by atoms with Crippen LogP contribution in [0.3, 0.4) is 0 Å². The molecule has 0 heterocycles. The van der Waals surface area contributed by atoms with Crippen LogP contribution >= 0.6 is 43.5 Å². The van der Waals surface area contributed by atoms with Gasteiger partial charge in [0.05, 0.1) is 12.7 Å². The van der Waals surface area contributed by atoms with Crippen molar-refractivity contribution < 1.29 is 4.74 Å². The number of hydrogen-bond acceptors (Lipinski definition) is 1. The van der Waals surface area contributed by atoms with Crippen LogP contribution in [0, 0.1) is 0 Å². The Morgan fingerprint density at radius 1 is 1.11 bits per heavy atom. The number of rotatable bonds is 5. The first kappa shape index (κ1) is 15.0. The summed E-state index contributed by atoms with van der Waals surface area (Å²) in [4.78, 5) is 0. The SMILES string of the molecule is Clc1ccc(COC(CBr)c2cccc(Br)c2)cc1. The van der Waals surface area contributed by atoms with Crippen molar-refractivity contribution in [3.05, 3.63) is 69.2 Å². The number of alkyl halides is 1. The Morgan fingerprint density at radius 2 is 1.84 bits per heavy atom. The van der Waals surface area contributed by atoms with E-state index in [1.165, 1.54) is 0 Å². The third-order valence-corrected chi connectivity index (χ3v) is 4.06. The Balaban J connectivity index is 2.01. The van der Waals surface area contributed by atoms with Gasteiger partial charge in [0.1, 0.15) is 0 Å². The minimum Gasteiger partial charge on any atom is -0.368 e. The van der Waals surface area contributed by atoms with Crippen molar-refractivity contribution in [2.24, 2.45) is 0 Å². The molecule has 1 atom stereocenters. The molecular formula is C15H13Br2ClO. The van der Waals surface area contributed by atoms with E-state index in [2.05, 4.69) is 44.0 Å². The summed E-state index contributed by atoms with van der Waals surface area (Å²) in [5, 5.41) is 1.50. The average molecular weight is 405 g/mol. The molecule has 2 rings (SSSR count). The lowest BCUT2D eigenvalue weighted by molar-refractivity contribution is 0.0565. The lowest BCUT2D eigenvalue weighted by atomic mass is 10.1. The Morgan fingerprint density at radius 3 is 2.47 bits per heavy atom. The molecule has 19 heavy (non-hydrogen) atoms. The van der Waals surface area contributed by atoms with Crippen LogP contribution in [-0.4, -0.2) is 5.33 Å². The highest BCUT2D eigenvalue weighted by molar-refractivity contribution is 9.10. The van der Waals surface area contributed by atoms with Crippen LogP contribution in [0.2, 0.25) is 5.02 Å². The zero-order chi connectivity index (χ0) is 13.7. The first-order valence-electron chi connectivity index (χ1n) is 5.86. The van der Waals surface area contributed by atoms with Crippen LogP contribution in [0.1, 0.15) is 17.2 Å². The summed E-state index contributed by atoms with van der Waals surface area (Å²) in [7, 11) is 0. The van der Waals surface area contributed by atoms with E-state index in [1.807, 2.05) is 36.4 Å². The van der Waals surface area contributed by atoms with Crippen LogP contribution < -0.4 is 0 Å². The fourth-order valence-corrected chi connectivity index (χ4v) is 2.82. The predicted molar refractivity (Wildman–Crippen MR) is 86.9 cm³/mol. The van der Waals surface area contributed by atoms with Crippen molar-refractivity contribution in [3.8, 4) is 0 Å². The van der Waals surface area contributed by atoms with Crippen LogP contribution in [0.5, 0.6) is 0 Å². The van der Waals surface area contributed by atoms with E-state index >= 15 is 0 Å². The second kappa shape index (κ2) is 7.44. The summed E-state index contributed by atoms with van der Waals surface area (Å²) in [6.45, 7) is 0.569. The molecule has 0 fully saturated rings. The summed E-state index contributed by atoms with van der Waals surface area (Å²) in [6, 6.07) is 15.9. The van der Waals surface area contributed by atoms with E-state index in [4.69, 9.17) is 16.3 Å². The third kappa shape index (κ3) is 4.60. The largest absolute Gasteiger partial charge is 0.368 e. The maximum atomic E-state index is 5.95. The Bertz CT molecular complexity index is 528. The molecule has 2 aromatic carbocycles. The van der Waals surface area contributed by atoms with Gasteiger partial charge in [-0.3, -0.25) is 0 Å². The van der Waals surface area contributed by atoms with Crippen LogP contribution in [0.4, 0.5) is 0 Å². The minimum atomic E-state index is 0.0354. The minimum absolute atomic E-state index is 0.0354. The van der Waals surface area contributed by atoms with Gasteiger partial charge in [-0.25, -0.2) is 0 Å². The van der Waals surface area contributed by atoms with Crippen molar-refractivity contribution in [1.29, 1.82) is 0 Å². The predicted octanol–water partition coefficient (Wildman–Crippen LogP) is 5.76. The van der Waals surface area contributed by atoms with Crippen LogP contribution in [0.15, 0.2) is 53.0 Å². The third-order valence-electron chi connectivity index (χ3n) is 2.73. The molecule has 0 aromatic heterocycles. The number of benzene rings is 2. The van der Waals surface area contributed by atoms with Gasteiger partial charge in [-0.05, 0) is 35.4 Å². The summed E-state index contributed by atoms with van der Waals surface area (Å²) in [5.74, 6) is 0. The molecule has 2 aromatic rings. The zero-order valence-corrected chi connectivity index (χ0v) is 14.1. The van der Waals surface area contributed by atoms with Gasteiger partial charge in [-0.2, -0.15) is 0 Å². The first-order valence-corrected chi connectivity index (χ1v) is 8.16. The van der Waals surface area contributed by atoms with Crippen molar-refractivity contribution in [1.82, 2.24) is 0 Å². The molecule has 0 aliphatic rings. The normalized spacial score (nSPS) is 12.4. The van der Waals surface area contributed by atoms with Crippen molar-refractivity contribution in [2.75, 3.05) is 5.33 Å². The maximum Gasteiger partial charge on any atom is 0.0926 e. The van der Waals surface area contributed by atoms with E-state index in [-0.39, 0.29) is 6.10 Å². The lowest BCUT2D eigenvalue weighted by Gasteiger charge is -2.16. The summed E-state index contributed by atoms with van der Waals surface area (Å²) >= 11 is 12.8. The smallest absolute Gasteiger partial charge is 0.0926 e. The van der Waals surface area contributed by atoms with E-state index in [0.717, 1.165) is 26.0 Å². The van der Waals surface area contributed by atoms with Crippen LogP contribution in [0.25, 0.3) is 0 Å². The molecule has 1 unspecified atom stereocenters. The molecular weight excluding hydrogens is 391 g/mol. The second-order valence-corrected chi connectivity index (χ2v) is 6.14. The van der Waals surface area contributed by atoms with Gasteiger partial charge in [-0.15, -0.1) is 0 Å². The van der Waals surface area contributed by atoms with Gasteiger partial charge in [0.25, 0.3) is 0 Å². The first-order chi connectivity index (χ1) is 9.19. The van der Waals surface area contributed by atoms with Gasteiger partial charge < -0.3 is 4.74 Å². The average Bonchev–Trinajstić information content (AvgIpc) is 2.42. The quantitative estimate of drug-likeness (QED) is 0.576. The van der Waals surface area contributed by atoms with E-state index in [1.54, 1.807) is 0 Å². The number of halogens is 3. The van der Waals surface area contributed by atoms with Crippen molar-refractivity contribution in [2.45, 2.75) is 12.7 Å². The second-order valence-electron chi connectivity index (χ2n) is 4.14. The number of ether oxygens (including phenoxy) is 1. The molecule has 0 saturated heterocycles. The molecule has 4 heteroatoms. The van der Waals surface area contributed by atoms with Crippen molar-refractivity contribution in [3.63, 3.8) is 0 Å². The zero-order valence-electron chi connectivity index (χ0n) is 10.2. The maximum absolute atomic E-state index is 5.95. The molecule has 0 aliphatic carbocycles. The molecule has 0 spiro atoms. The van der Waals surface area contributed by atoms with E-state index in [0.29, 0.717) is 6.61 Å². The Labute approximate surface area is 135 Å². The van der Waals surface area contributed by atoms with Gasteiger partial charge in [0.15, 0.2) is 0 Å². The number of hydrogen-bond donors (Lipinski definition) is 0. The topological polar surface area (TPSA) is 9.23 Å². The van der Waals surface area contributed by atoms with Crippen molar-refractivity contribution >= 4 is 43.5 Å². The highest BCUT2D eigenvalue weighted by Crippen LogP contribution is 2.24. The molecule has 0 amide bonds. The molecule has 100 valence electrons. The molecule has 0 N–H and O–H groups in total. The van der Waals surface area contributed by atoms with Gasteiger partial charge in [-0.1, -0.05) is 67.7 Å². The summed E-state index contributed by atoms with van der Waals surface area (Å²) in [6.07, 6.45) is 0.0354. The Hall–Kier alpha value is -0.350.